The Morgan fingerprint density at radius 2 is 2.50 bits per heavy atom. The zero-order valence-corrected chi connectivity index (χ0v) is 5.71. The minimum absolute atomic E-state index is 0.123. The number of carboxylic acids is 1. The Balaban J connectivity index is 2.39. The van der Waals surface area contributed by atoms with E-state index in [9.17, 15) is 4.79 Å². The zero-order chi connectivity index (χ0) is 7.56. The SMILES string of the molecule is N[C@@H](C(=O)O)[C@@H]1CCNC1. The fourth-order valence-electron chi connectivity index (χ4n) is 1.19. The van der Waals surface area contributed by atoms with Gasteiger partial charge in [0.2, 0.25) is 0 Å². The van der Waals surface area contributed by atoms with Gasteiger partial charge in [-0.2, -0.15) is 0 Å². The van der Waals surface area contributed by atoms with Gasteiger partial charge in [0.25, 0.3) is 0 Å². The molecule has 0 saturated carbocycles. The molecule has 0 unspecified atom stereocenters. The molecule has 1 rings (SSSR count). The third-order valence-corrected chi connectivity index (χ3v) is 1.89. The lowest BCUT2D eigenvalue weighted by Crippen LogP contribution is -2.38. The molecular weight excluding hydrogens is 132 g/mol. The van der Waals surface area contributed by atoms with Crippen molar-refractivity contribution in [2.24, 2.45) is 11.7 Å². The van der Waals surface area contributed by atoms with E-state index in [4.69, 9.17) is 10.8 Å². The van der Waals surface area contributed by atoms with E-state index in [1.54, 1.807) is 0 Å². The van der Waals surface area contributed by atoms with Gasteiger partial charge < -0.3 is 16.2 Å². The number of carbonyl (C=O) groups is 1. The topological polar surface area (TPSA) is 75.4 Å². The summed E-state index contributed by atoms with van der Waals surface area (Å²) < 4.78 is 0. The second kappa shape index (κ2) is 2.98. The van der Waals surface area contributed by atoms with Crippen molar-refractivity contribution in [3.05, 3.63) is 0 Å². The second-order valence-electron chi connectivity index (χ2n) is 2.62. The second-order valence-corrected chi connectivity index (χ2v) is 2.62. The quantitative estimate of drug-likeness (QED) is 0.465. The third-order valence-electron chi connectivity index (χ3n) is 1.89. The van der Waals surface area contributed by atoms with E-state index >= 15 is 0 Å². The Morgan fingerprint density at radius 1 is 1.80 bits per heavy atom. The molecule has 0 aromatic carbocycles. The van der Waals surface area contributed by atoms with Crippen LogP contribution in [0.25, 0.3) is 0 Å². The summed E-state index contributed by atoms with van der Waals surface area (Å²) in [5.41, 5.74) is 5.38. The first-order chi connectivity index (χ1) is 4.72. The highest BCUT2D eigenvalue weighted by Gasteiger charge is 2.26. The average Bonchev–Trinajstić information content (AvgIpc) is 2.36. The number of aliphatic carboxylic acids is 1. The van der Waals surface area contributed by atoms with E-state index in [1.807, 2.05) is 0 Å². The van der Waals surface area contributed by atoms with Crippen LogP contribution in [0, 0.1) is 5.92 Å². The van der Waals surface area contributed by atoms with Crippen molar-refractivity contribution in [3.63, 3.8) is 0 Å². The molecular formula is C6H12N2O2. The third kappa shape index (κ3) is 1.46. The van der Waals surface area contributed by atoms with Crippen LogP contribution in [0.3, 0.4) is 0 Å². The molecule has 4 nitrogen and oxygen atoms in total. The lowest BCUT2D eigenvalue weighted by atomic mass is 10.0. The Kier molecular flexibility index (Phi) is 2.24. The van der Waals surface area contributed by atoms with Gasteiger partial charge in [-0.15, -0.1) is 0 Å². The molecule has 2 atom stereocenters. The van der Waals surface area contributed by atoms with Crippen LogP contribution in [-0.2, 0) is 4.79 Å². The van der Waals surface area contributed by atoms with Crippen LogP contribution in [0.2, 0.25) is 0 Å². The molecule has 0 bridgehead atoms. The summed E-state index contributed by atoms with van der Waals surface area (Å²) in [6.45, 7) is 1.64. The summed E-state index contributed by atoms with van der Waals surface area (Å²) >= 11 is 0. The van der Waals surface area contributed by atoms with Crippen molar-refractivity contribution >= 4 is 5.97 Å². The fraction of sp³-hybridized carbons (Fsp3) is 0.833. The number of hydrogen-bond acceptors (Lipinski definition) is 3. The molecule has 0 aromatic rings. The van der Waals surface area contributed by atoms with E-state index in [0.717, 1.165) is 19.5 Å². The number of nitrogens with two attached hydrogens (primary N) is 1. The summed E-state index contributed by atoms with van der Waals surface area (Å²) in [4.78, 5) is 10.3. The smallest absolute Gasteiger partial charge is 0.320 e. The molecule has 1 fully saturated rings. The molecule has 0 amide bonds. The lowest BCUT2D eigenvalue weighted by Gasteiger charge is -2.11. The molecule has 0 aliphatic carbocycles. The maximum Gasteiger partial charge on any atom is 0.320 e. The van der Waals surface area contributed by atoms with Crippen LogP contribution in [0.1, 0.15) is 6.42 Å². The largest absolute Gasteiger partial charge is 0.480 e. The molecule has 1 aliphatic heterocycles. The first kappa shape index (κ1) is 7.50. The molecule has 1 heterocycles. The van der Waals surface area contributed by atoms with E-state index in [-0.39, 0.29) is 5.92 Å². The zero-order valence-electron chi connectivity index (χ0n) is 5.71. The van der Waals surface area contributed by atoms with E-state index < -0.39 is 12.0 Å². The monoisotopic (exact) mass is 144 g/mol. The van der Waals surface area contributed by atoms with Crippen molar-refractivity contribution in [2.45, 2.75) is 12.5 Å². The van der Waals surface area contributed by atoms with Gasteiger partial charge in [-0.25, -0.2) is 0 Å². The Morgan fingerprint density at radius 3 is 2.90 bits per heavy atom. The van der Waals surface area contributed by atoms with Crippen molar-refractivity contribution in [2.75, 3.05) is 13.1 Å². The first-order valence-electron chi connectivity index (χ1n) is 3.41. The highest BCUT2D eigenvalue weighted by atomic mass is 16.4. The maximum absolute atomic E-state index is 10.3. The maximum atomic E-state index is 10.3. The molecule has 1 aliphatic rings. The first-order valence-corrected chi connectivity index (χ1v) is 3.41. The highest BCUT2D eigenvalue weighted by molar-refractivity contribution is 5.73. The van der Waals surface area contributed by atoms with Crippen molar-refractivity contribution in [1.82, 2.24) is 5.32 Å². The Bertz CT molecular complexity index is 132. The van der Waals surface area contributed by atoms with Gasteiger partial charge in [-0.1, -0.05) is 0 Å². The van der Waals surface area contributed by atoms with Crippen LogP contribution in [0.5, 0.6) is 0 Å². The molecule has 10 heavy (non-hydrogen) atoms. The van der Waals surface area contributed by atoms with E-state index in [2.05, 4.69) is 5.32 Å². The van der Waals surface area contributed by atoms with Crippen LogP contribution in [0.4, 0.5) is 0 Å². The average molecular weight is 144 g/mol. The minimum Gasteiger partial charge on any atom is -0.480 e. The predicted octanol–water partition coefficient (Wildman–Crippen LogP) is -0.992. The summed E-state index contributed by atoms with van der Waals surface area (Å²) in [5.74, 6) is -0.772. The predicted molar refractivity (Wildman–Crippen MR) is 36.6 cm³/mol. The summed E-state index contributed by atoms with van der Waals surface area (Å²) in [7, 11) is 0. The van der Waals surface area contributed by atoms with Crippen molar-refractivity contribution in [3.8, 4) is 0 Å². The number of nitrogens with one attached hydrogen (secondary N) is 1. The standard InChI is InChI=1S/C6H12N2O2/c7-5(6(9)10)4-1-2-8-3-4/h4-5,8H,1-3,7H2,(H,9,10)/t4-,5-/m1/s1. The van der Waals surface area contributed by atoms with Crippen molar-refractivity contribution in [1.29, 1.82) is 0 Å². The number of hydrogen-bond donors (Lipinski definition) is 3. The molecule has 0 spiro atoms. The molecule has 1 saturated heterocycles. The van der Waals surface area contributed by atoms with Crippen LogP contribution >= 0.6 is 0 Å². The van der Waals surface area contributed by atoms with Gasteiger partial charge in [0.1, 0.15) is 6.04 Å². The lowest BCUT2D eigenvalue weighted by molar-refractivity contribution is -0.139. The van der Waals surface area contributed by atoms with Crippen LogP contribution < -0.4 is 11.1 Å². The van der Waals surface area contributed by atoms with E-state index in [1.165, 1.54) is 0 Å². The summed E-state index contributed by atoms with van der Waals surface area (Å²) in [5, 5.41) is 11.6. The van der Waals surface area contributed by atoms with Gasteiger partial charge in [-0.05, 0) is 18.9 Å². The Labute approximate surface area is 59.4 Å². The minimum atomic E-state index is -0.895. The van der Waals surface area contributed by atoms with Crippen LogP contribution in [0.15, 0.2) is 0 Å². The molecule has 58 valence electrons. The fourth-order valence-corrected chi connectivity index (χ4v) is 1.19. The molecule has 0 radical (unpaired) electrons. The van der Waals surface area contributed by atoms with Gasteiger partial charge in [0.05, 0.1) is 0 Å². The summed E-state index contributed by atoms with van der Waals surface area (Å²) in [6.07, 6.45) is 0.882. The van der Waals surface area contributed by atoms with Gasteiger partial charge in [0.15, 0.2) is 0 Å². The van der Waals surface area contributed by atoms with Crippen LogP contribution in [-0.4, -0.2) is 30.2 Å². The summed E-state index contributed by atoms with van der Waals surface area (Å²) in [6, 6.07) is -0.685. The van der Waals surface area contributed by atoms with Gasteiger partial charge >= 0.3 is 5.97 Å². The molecule has 0 aromatic heterocycles. The van der Waals surface area contributed by atoms with Gasteiger partial charge in [0, 0.05) is 6.54 Å². The number of carboxylic acid groups (broad SMARTS) is 1. The highest BCUT2D eigenvalue weighted by Crippen LogP contribution is 2.10. The van der Waals surface area contributed by atoms with E-state index in [0.29, 0.717) is 0 Å². The van der Waals surface area contributed by atoms with Gasteiger partial charge in [-0.3, -0.25) is 4.79 Å². The molecule has 4 heteroatoms. The van der Waals surface area contributed by atoms with Crippen molar-refractivity contribution < 1.29 is 9.90 Å². The molecule has 4 N–H and O–H groups in total. The normalized spacial score (nSPS) is 28.3. The number of rotatable bonds is 2. The Hall–Kier alpha value is -0.610.